The molecule has 0 aromatic carbocycles. The van der Waals surface area contributed by atoms with Gasteiger partial charge in [-0.25, -0.2) is 0 Å². The lowest BCUT2D eigenvalue weighted by atomic mass is 10.0. The van der Waals surface area contributed by atoms with Crippen molar-refractivity contribution < 1.29 is 4.79 Å². The number of nitrogens with two attached hydrogens (primary N) is 1. The van der Waals surface area contributed by atoms with Crippen LogP contribution >= 0.6 is 0 Å². The molecule has 0 heterocycles. The summed E-state index contributed by atoms with van der Waals surface area (Å²) in [5.74, 6) is 0.976. The molecule has 0 aromatic rings. The van der Waals surface area contributed by atoms with Crippen molar-refractivity contribution in [1.82, 2.24) is 5.32 Å². The number of carbonyl (C=O) groups is 1. The van der Waals surface area contributed by atoms with Crippen LogP contribution in [0.3, 0.4) is 0 Å². The van der Waals surface area contributed by atoms with Crippen molar-refractivity contribution in [2.75, 3.05) is 6.54 Å². The van der Waals surface area contributed by atoms with Crippen LogP contribution in [0.5, 0.6) is 0 Å². The lowest BCUT2D eigenvalue weighted by molar-refractivity contribution is -0.124. The number of hydrogen-bond donors (Lipinski definition) is 2. The summed E-state index contributed by atoms with van der Waals surface area (Å²) in [5, 5.41) is 2.93. The van der Waals surface area contributed by atoms with E-state index < -0.39 is 0 Å². The van der Waals surface area contributed by atoms with Crippen molar-refractivity contribution in [2.45, 2.75) is 45.6 Å². The number of nitrogens with one attached hydrogen (secondary N) is 1. The summed E-state index contributed by atoms with van der Waals surface area (Å²) in [4.78, 5) is 11.5. The maximum Gasteiger partial charge on any atom is 0.224 e. The first-order chi connectivity index (χ1) is 6.61. The monoisotopic (exact) mass is 198 g/mol. The molecule has 3 N–H and O–H groups in total. The largest absolute Gasteiger partial charge is 0.356 e. The Bertz CT molecular complexity index is 188. The van der Waals surface area contributed by atoms with Crippen LogP contribution in [0.1, 0.15) is 39.5 Å². The van der Waals surface area contributed by atoms with Gasteiger partial charge in [0.1, 0.15) is 0 Å². The third-order valence-corrected chi connectivity index (χ3v) is 2.99. The summed E-state index contributed by atoms with van der Waals surface area (Å²) in [6, 6.07) is -0.0570. The van der Waals surface area contributed by atoms with E-state index in [4.69, 9.17) is 5.73 Å². The first kappa shape index (κ1) is 11.5. The zero-order valence-electron chi connectivity index (χ0n) is 9.25. The standard InChI is InChI=1S/C11H22N2O/c1-8(9(2)12)11(14)13-7-3-4-10-5-6-10/h8-10H,3-7,12H2,1-2H3,(H,13,14). The molecule has 0 saturated heterocycles. The molecular weight excluding hydrogens is 176 g/mol. The van der Waals surface area contributed by atoms with Crippen molar-refractivity contribution in [3.8, 4) is 0 Å². The highest BCUT2D eigenvalue weighted by molar-refractivity contribution is 5.78. The summed E-state index contributed by atoms with van der Waals surface area (Å²) < 4.78 is 0. The molecule has 0 aromatic heterocycles. The Morgan fingerprint density at radius 2 is 2.14 bits per heavy atom. The predicted octanol–water partition coefficient (Wildman–Crippen LogP) is 1.28. The van der Waals surface area contributed by atoms with E-state index in [0.29, 0.717) is 0 Å². The van der Waals surface area contributed by atoms with Crippen LogP contribution in [0.2, 0.25) is 0 Å². The molecule has 3 heteroatoms. The van der Waals surface area contributed by atoms with Gasteiger partial charge >= 0.3 is 0 Å². The highest BCUT2D eigenvalue weighted by Gasteiger charge is 2.20. The molecule has 1 saturated carbocycles. The SMILES string of the molecule is CC(N)C(C)C(=O)NCCCC1CC1. The molecule has 0 spiro atoms. The van der Waals surface area contributed by atoms with Crippen molar-refractivity contribution in [1.29, 1.82) is 0 Å². The Labute approximate surface area is 86.4 Å². The second kappa shape index (κ2) is 5.35. The Morgan fingerprint density at radius 1 is 1.50 bits per heavy atom. The lowest BCUT2D eigenvalue weighted by Crippen LogP contribution is -2.38. The summed E-state index contributed by atoms with van der Waals surface area (Å²) in [7, 11) is 0. The van der Waals surface area contributed by atoms with E-state index in [1.807, 2.05) is 13.8 Å². The van der Waals surface area contributed by atoms with Crippen LogP contribution in [0.4, 0.5) is 0 Å². The number of amides is 1. The maximum absolute atomic E-state index is 11.5. The number of carbonyl (C=O) groups excluding carboxylic acids is 1. The van der Waals surface area contributed by atoms with Crippen molar-refractivity contribution >= 4 is 5.91 Å². The van der Waals surface area contributed by atoms with Crippen LogP contribution < -0.4 is 11.1 Å². The fourth-order valence-corrected chi connectivity index (χ4v) is 1.41. The van der Waals surface area contributed by atoms with Gasteiger partial charge in [-0.1, -0.05) is 19.8 Å². The van der Waals surface area contributed by atoms with Gasteiger partial charge in [0, 0.05) is 18.5 Å². The normalized spacial score (nSPS) is 20.2. The number of rotatable bonds is 6. The van der Waals surface area contributed by atoms with Gasteiger partial charge in [-0.2, -0.15) is 0 Å². The van der Waals surface area contributed by atoms with Crippen molar-refractivity contribution in [3.63, 3.8) is 0 Å². The predicted molar refractivity (Wildman–Crippen MR) is 57.8 cm³/mol. The average molecular weight is 198 g/mol. The van der Waals surface area contributed by atoms with E-state index in [1.165, 1.54) is 19.3 Å². The quantitative estimate of drug-likeness (QED) is 0.632. The minimum Gasteiger partial charge on any atom is -0.356 e. The molecule has 1 aliphatic carbocycles. The first-order valence-electron chi connectivity index (χ1n) is 5.64. The summed E-state index contributed by atoms with van der Waals surface area (Å²) in [5.41, 5.74) is 5.64. The summed E-state index contributed by atoms with van der Waals surface area (Å²) >= 11 is 0. The van der Waals surface area contributed by atoms with Crippen LogP contribution in [-0.2, 0) is 4.79 Å². The Hall–Kier alpha value is -0.570. The van der Waals surface area contributed by atoms with Gasteiger partial charge in [-0.15, -0.1) is 0 Å². The molecule has 1 rings (SSSR count). The third kappa shape index (κ3) is 4.09. The van der Waals surface area contributed by atoms with Crippen LogP contribution in [0, 0.1) is 11.8 Å². The van der Waals surface area contributed by atoms with E-state index in [9.17, 15) is 4.79 Å². The second-order valence-corrected chi connectivity index (χ2v) is 4.52. The van der Waals surface area contributed by atoms with Gasteiger partial charge in [0.05, 0.1) is 0 Å². The van der Waals surface area contributed by atoms with Gasteiger partial charge in [-0.05, 0) is 25.7 Å². The molecule has 82 valence electrons. The van der Waals surface area contributed by atoms with Gasteiger partial charge in [0.25, 0.3) is 0 Å². The second-order valence-electron chi connectivity index (χ2n) is 4.52. The van der Waals surface area contributed by atoms with E-state index in [0.717, 1.165) is 18.9 Å². The van der Waals surface area contributed by atoms with E-state index >= 15 is 0 Å². The van der Waals surface area contributed by atoms with Gasteiger partial charge in [0.15, 0.2) is 0 Å². The minimum atomic E-state index is -0.0732. The first-order valence-corrected chi connectivity index (χ1v) is 5.64. The highest BCUT2D eigenvalue weighted by atomic mass is 16.1. The highest BCUT2D eigenvalue weighted by Crippen LogP contribution is 2.33. The fraction of sp³-hybridized carbons (Fsp3) is 0.909. The minimum absolute atomic E-state index is 0.0570. The van der Waals surface area contributed by atoms with Gasteiger partial charge < -0.3 is 11.1 Å². The van der Waals surface area contributed by atoms with E-state index in [-0.39, 0.29) is 17.9 Å². The van der Waals surface area contributed by atoms with E-state index in [1.54, 1.807) is 0 Å². The Kier molecular flexibility index (Phi) is 4.39. The molecule has 3 nitrogen and oxygen atoms in total. The molecule has 0 radical (unpaired) electrons. The average Bonchev–Trinajstić information content (AvgIpc) is 2.94. The summed E-state index contributed by atoms with van der Waals surface area (Å²) in [6.07, 6.45) is 5.17. The van der Waals surface area contributed by atoms with Crippen LogP contribution in [0.15, 0.2) is 0 Å². The zero-order chi connectivity index (χ0) is 10.6. The molecule has 2 unspecified atom stereocenters. The van der Waals surface area contributed by atoms with E-state index in [2.05, 4.69) is 5.32 Å². The van der Waals surface area contributed by atoms with Crippen molar-refractivity contribution in [3.05, 3.63) is 0 Å². The van der Waals surface area contributed by atoms with Crippen molar-refractivity contribution in [2.24, 2.45) is 17.6 Å². The molecule has 14 heavy (non-hydrogen) atoms. The molecule has 1 aliphatic rings. The smallest absolute Gasteiger partial charge is 0.224 e. The topological polar surface area (TPSA) is 55.1 Å². The molecule has 0 aliphatic heterocycles. The zero-order valence-corrected chi connectivity index (χ0v) is 9.25. The molecule has 0 bridgehead atoms. The van der Waals surface area contributed by atoms with Crippen LogP contribution in [-0.4, -0.2) is 18.5 Å². The fourth-order valence-electron chi connectivity index (χ4n) is 1.41. The van der Waals surface area contributed by atoms with Gasteiger partial charge in [-0.3, -0.25) is 4.79 Å². The molecular formula is C11H22N2O. The Balaban J connectivity index is 2.01. The molecule has 1 amide bonds. The lowest BCUT2D eigenvalue weighted by Gasteiger charge is -2.15. The molecule has 2 atom stereocenters. The van der Waals surface area contributed by atoms with Gasteiger partial charge in [0.2, 0.25) is 5.91 Å². The maximum atomic E-state index is 11.5. The number of hydrogen-bond acceptors (Lipinski definition) is 2. The Morgan fingerprint density at radius 3 is 2.64 bits per heavy atom. The third-order valence-electron chi connectivity index (χ3n) is 2.99. The molecule has 1 fully saturated rings. The van der Waals surface area contributed by atoms with Crippen LogP contribution in [0.25, 0.3) is 0 Å². The summed E-state index contributed by atoms with van der Waals surface area (Å²) in [6.45, 7) is 4.56.